The molecule has 1 N–H and O–H groups in total. The van der Waals surface area contributed by atoms with E-state index in [4.69, 9.17) is 4.74 Å². The molecule has 0 saturated heterocycles. The number of amides is 1. The molecule has 18 heavy (non-hydrogen) atoms. The van der Waals surface area contributed by atoms with Crippen LogP contribution in [-0.4, -0.2) is 24.5 Å². The first kappa shape index (κ1) is 14.2. The molecular weight excluding hydrogens is 230 g/mol. The summed E-state index contributed by atoms with van der Waals surface area (Å²) in [7, 11) is 0. The smallest absolute Gasteiger partial charge is 0.328 e. The number of rotatable bonds is 6. The van der Waals surface area contributed by atoms with E-state index in [2.05, 4.69) is 5.32 Å². The van der Waals surface area contributed by atoms with E-state index in [1.54, 1.807) is 31.2 Å². The van der Waals surface area contributed by atoms with E-state index >= 15 is 0 Å². The molecule has 0 heterocycles. The van der Waals surface area contributed by atoms with Gasteiger partial charge in [0.25, 0.3) is 5.91 Å². The van der Waals surface area contributed by atoms with Crippen LogP contribution in [0.1, 0.15) is 37.0 Å². The summed E-state index contributed by atoms with van der Waals surface area (Å²) < 4.78 is 4.94. The third-order valence-corrected chi connectivity index (χ3v) is 2.49. The first-order valence-electron chi connectivity index (χ1n) is 6.21. The standard InChI is InChI=1S/C14H19NO3/c1-3-8-12(14(17)18-4-2)15-13(16)11-9-6-5-7-10-11/h5-7,9-10,12H,3-4,8H2,1-2H3,(H,15,16)/t12-/m1/s1. The minimum Gasteiger partial charge on any atom is -0.464 e. The number of hydrogen-bond acceptors (Lipinski definition) is 3. The average Bonchev–Trinajstić information content (AvgIpc) is 2.39. The van der Waals surface area contributed by atoms with Gasteiger partial charge in [0.05, 0.1) is 6.61 Å². The van der Waals surface area contributed by atoms with Crippen LogP contribution in [0.2, 0.25) is 0 Å². The second-order valence-electron chi connectivity index (χ2n) is 3.93. The van der Waals surface area contributed by atoms with Gasteiger partial charge in [-0.2, -0.15) is 0 Å². The molecule has 0 saturated carbocycles. The zero-order valence-corrected chi connectivity index (χ0v) is 10.8. The molecule has 0 aromatic heterocycles. The zero-order chi connectivity index (χ0) is 13.4. The van der Waals surface area contributed by atoms with Gasteiger partial charge < -0.3 is 10.1 Å². The van der Waals surface area contributed by atoms with Crippen molar-refractivity contribution in [2.75, 3.05) is 6.61 Å². The minimum atomic E-state index is -0.567. The lowest BCUT2D eigenvalue weighted by molar-refractivity contribution is -0.145. The number of nitrogens with one attached hydrogen (secondary N) is 1. The molecule has 0 fully saturated rings. The Kier molecular flexibility index (Phi) is 5.91. The van der Waals surface area contributed by atoms with Crippen LogP contribution in [0.3, 0.4) is 0 Å². The maximum absolute atomic E-state index is 11.9. The summed E-state index contributed by atoms with van der Waals surface area (Å²) in [5.41, 5.74) is 0.544. The summed E-state index contributed by atoms with van der Waals surface area (Å²) in [4.78, 5) is 23.6. The van der Waals surface area contributed by atoms with E-state index in [1.807, 2.05) is 13.0 Å². The predicted octanol–water partition coefficient (Wildman–Crippen LogP) is 2.15. The second kappa shape index (κ2) is 7.48. The first-order chi connectivity index (χ1) is 8.69. The van der Waals surface area contributed by atoms with E-state index in [-0.39, 0.29) is 11.9 Å². The highest BCUT2D eigenvalue weighted by Gasteiger charge is 2.21. The van der Waals surface area contributed by atoms with Gasteiger partial charge in [0.1, 0.15) is 6.04 Å². The van der Waals surface area contributed by atoms with Crippen LogP contribution < -0.4 is 5.32 Å². The molecule has 4 nitrogen and oxygen atoms in total. The van der Waals surface area contributed by atoms with Crippen molar-refractivity contribution in [1.82, 2.24) is 5.32 Å². The van der Waals surface area contributed by atoms with Gasteiger partial charge in [-0.15, -0.1) is 0 Å². The van der Waals surface area contributed by atoms with E-state index in [0.29, 0.717) is 18.6 Å². The number of carbonyl (C=O) groups is 2. The highest BCUT2D eigenvalue weighted by Crippen LogP contribution is 2.03. The quantitative estimate of drug-likeness (QED) is 0.786. The summed E-state index contributed by atoms with van der Waals surface area (Å²) in [6.07, 6.45) is 1.38. The van der Waals surface area contributed by atoms with E-state index in [9.17, 15) is 9.59 Å². The van der Waals surface area contributed by atoms with Crippen LogP contribution in [0.15, 0.2) is 30.3 Å². The molecule has 98 valence electrons. The number of carbonyl (C=O) groups excluding carboxylic acids is 2. The molecule has 4 heteroatoms. The van der Waals surface area contributed by atoms with E-state index in [0.717, 1.165) is 6.42 Å². The van der Waals surface area contributed by atoms with Crippen molar-refractivity contribution < 1.29 is 14.3 Å². The summed E-state index contributed by atoms with van der Waals surface area (Å²) in [6, 6.07) is 8.27. The van der Waals surface area contributed by atoms with Crippen LogP contribution in [-0.2, 0) is 9.53 Å². The Morgan fingerprint density at radius 1 is 1.22 bits per heavy atom. The Hall–Kier alpha value is -1.84. The van der Waals surface area contributed by atoms with E-state index in [1.165, 1.54) is 0 Å². The highest BCUT2D eigenvalue weighted by molar-refractivity contribution is 5.96. The van der Waals surface area contributed by atoms with Crippen LogP contribution >= 0.6 is 0 Å². The third kappa shape index (κ3) is 4.20. The maximum Gasteiger partial charge on any atom is 0.328 e. The number of hydrogen-bond donors (Lipinski definition) is 1. The Morgan fingerprint density at radius 2 is 1.89 bits per heavy atom. The summed E-state index contributed by atoms with van der Waals surface area (Å²) in [5, 5.41) is 2.71. The zero-order valence-electron chi connectivity index (χ0n) is 10.8. The Morgan fingerprint density at radius 3 is 2.44 bits per heavy atom. The van der Waals surface area contributed by atoms with Gasteiger partial charge in [-0.25, -0.2) is 4.79 Å². The molecular formula is C14H19NO3. The van der Waals surface area contributed by atoms with Gasteiger partial charge >= 0.3 is 5.97 Å². The Labute approximate surface area is 107 Å². The molecule has 0 unspecified atom stereocenters. The van der Waals surface area contributed by atoms with Crippen LogP contribution in [0.4, 0.5) is 0 Å². The molecule has 1 atom stereocenters. The first-order valence-corrected chi connectivity index (χ1v) is 6.21. The van der Waals surface area contributed by atoms with Gasteiger partial charge in [-0.05, 0) is 25.5 Å². The number of esters is 1. The fraction of sp³-hybridized carbons (Fsp3) is 0.429. The molecule has 0 radical (unpaired) electrons. The molecule has 0 aliphatic rings. The van der Waals surface area contributed by atoms with Crippen molar-refractivity contribution in [3.05, 3.63) is 35.9 Å². The molecule has 0 bridgehead atoms. The monoisotopic (exact) mass is 249 g/mol. The van der Waals surface area contributed by atoms with Gasteiger partial charge in [0.2, 0.25) is 0 Å². The molecule has 1 amide bonds. The third-order valence-electron chi connectivity index (χ3n) is 2.49. The molecule has 0 aliphatic carbocycles. The molecule has 1 aromatic carbocycles. The van der Waals surface area contributed by atoms with Crippen molar-refractivity contribution in [3.63, 3.8) is 0 Å². The van der Waals surface area contributed by atoms with Crippen LogP contribution in [0.25, 0.3) is 0 Å². The summed E-state index contributed by atoms with van der Waals surface area (Å²) in [6.45, 7) is 4.03. The average molecular weight is 249 g/mol. The second-order valence-corrected chi connectivity index (χ2v) is 3.93. The summed E-state index contributed by atoms with van der Waals surface area (Å²) >= 11 is 0. The molecule has 0 spiro atoms. The van der Waals surface area contributed by atoms with Gasteiger partial charge in [-0.1, -0.05) is 31.5 Å². The Balaban J connectivity index is 2.66. The normalized spacial score (nSPS) is 11.7. The minimum absolute atomic E-state index is 0.248. The topological polar surface area (TPSA) is 55.4 Å². The lowest BCUT2D eigenvalue weighted by Crippen LogP contribution is -2.41. The largest absolute Gasteiger partial charge is 0.464 e. The van der Waals surface area contributed by atoms with Gasteiger partial charge in [0, 0.05) is 5.56 Å². The van der Waals surface area contributed by atoms with Crippen molar-refractivity contribution in [2.45, 2.75) is 32.7 Å². The summed E-state index contributed by atoms with van der Waals surface area (Å²) in [5.74, 6) is -0.620. The fourth-order valence-corrected chi connectivity index (χ4v) is 1.61. The molecule has 1 aromatic rings. The lowest BCUT2D eigenvalue weighted by atomic mass is 10.1. The van der Waals surface area contributed by atoms with Crippen molar-refractivity contribution in [2.24, 2.45) is 0 Å². The van der Waals surface area contributed by atoms with E-state index < -0.39 is 6.04 Å². The molecule has 1 rings (SSSR count). The Bertz CT molecular complexity index is 389. The van der Waals surface area contributed by atoms with Crippen molar-refractivity contribution in [3.8, 4) is 0 Å². The van der Waals surface area contributed by atoms with Crippen LogP contribution in [0, 0.1) is 0 Å². The van der Waals surface area contributed by atoms with Crippen molar-refractivity contribution in [1.29, 1.82) is 0 Å². The fourth-order valence-electron chi connectivity index (χ4n) is 1.61. The SMILES string of the molecule is CCC[C@@H](NC(=O)c1ccccc1)C(=O)OCC. The maximum atomic E-state index is 11.9. The highest BCUT2D eigenvalue weighted by atomic mass is 16.5. The van der Waals surface area contributed by atoms with Gasteiger partial charge in [0.15, 0.2) is 0 Å². The predicted molar refractivity (Wildman–Crippen MR) is 69.2 cm³/mol. The molecule has 0 aliphatic heterocycles. The lowest BCUT2D eigenvalue weighted by Gasteiger charge is -2.16. The van der Waals surface area contributed by atoms with Crippen LogP contribution in [0.5, 0.6) is 0 Å². The number of benzene rings is 1. The van der Waals surface area contributed by atoms with Gasteiger partial charge in [-0.3, -0.25) is 4.79 Å². The van der Waals surface area contributed by atoms with Crippen molar-refractivity contribution >= 4 is 11.9 Å². The number of ether oxygens (including phenoxy) is 1.